The van der Waals surface area contributed by atoms with E-state index in [9.17, 15) is 4.39 Å². The van der Waals surface area contributed by atoms with E-state index in [0.717, 1.165) is 16.9 Å². The molecular formula is C15H13FO. The lowest BCUT2D eigenvalue weighted by Crippen LogP contribution is -2.08. The second-order valence-corrected chi connectivity index (χ2v) is 4.27. The summed E-state index contributed by atoms with van der Waals surface area (Å²) in [5.74, 6) is 0.629. The highest BCUT2D eigenvalue weighted by molar-refractivity contribution is 5.41. The van der Waals surface area contributed by atoms with Crippen molar-refractivity contribution in [2.45, 2.75) is 12.1 Å². The van der Waals surface area contributed by atoms with Crippen LogP contribution in [0.4, 0.5) is 4.39 Å². The SMILES string of the molecule is FC(c1ccccc1)C1COc2ccccc21. The quantitative estimate of drug-likeness (QED) is 0.758. The molecule has 2 aromatic carbocycles. The van der Waals surface area contributed by atoms with Gasteiger partial charge in [0.1, 0.15) is 11.9 Å². The van der Waals surface area contributed by atoms with Gasteiger partial charge in [0, 0.05) is 5.56 Å². The molecule has 1 nitrogen and oxygen atoms in total. The summed E-state index contributed by atoms with van der Waals surface area (Å²) in [5.41, 5.74) is 1.70. The third-order valence-corrected chi connectivity index (χ3v) is 3.21. The van der Waals surface area contributed by atoms with Crippen molar-refractivity contribution < 1.29 is 9.13 Å². The molecule has 0 saturated heterocycles. The number of rotatable bonds is 2. The summed E-state index contributed by atoms with van der Waals surface area (Å²) in [4.78, 5) is 0. The molecule has 0 spiro atoms. The fourth-order valence-electron chi connectivity index (χ4n) is 2.30. The summed E-state index contributed by atoms with van der Waals surface area (Å²) in [6.07, 6.45) is -1.00. The molecule has 3 rings (SSSR count). The minimum absolute atomic E-state index is 0.186. The third-order valence-electron chi connectivity index (χ3n) is 3.21. The van der Waals surface area contributed by atoms with Crippen LogP contribution in [0.1, 0.15) is 23.2 Å². The maximum absolute atomic E-state index is 14.4. The molecule has 0 fully saturated rings. The highest BCUT2D eigenvalue weighted by Crippen LogP contribution is 2.42. The highest BCUT2D eigenvalue weighted by Gasteiger charge is 2.32. The lowest BCUT2D eigenvalue weighted by atomic mass is 9.92. The topological polar surface area (TPSA) is 9.23 Å². The van der Waals surface area contributed by atoms with Crippen molar-refractivity contribution in [3.8, 4) is 5.75 Å². The van der Waals surface area contributed by atoms with Crippen LogP contribution in [-0.4, -0.2) is 6.61 Å². The lowest BCUT2D eigenvalue weighted by Gasteiger charge is -2.14. The zero-order chi connectivity index (χ0) is 11.7. The van der Waals surface area contributed by atoms with Gasteiger partial charge in [0.2, 0.25) is 0 Å². The van der Waals surface area contributed by atoms with Crippen molar-refractivity contribution in [2.24, 2.45) is 0 Å². The van der Waals surface area contributed by atoms with Gasteiger partial charge in [0.25, 0.3) is 0 Å². The van der Waals surface area contributed by atoms with Gasteiger partial charge in [-0.15, -0.1) is 0 Å². The number of halogens is 1. The number of benzene rings is 2. The molecule has 0 radical (unpaired) electrons. The van der Waals surface area contributed by atoms with E-state index in [4.69, 9.17) is 4.74 Å². The lowest BCUT2D eigenvalue weighted by molar-refractivity contribution is 0.236. The zero-order valence-electron chi connectivity index (χ0n) is 9.34. The van der Waals surface area contributed by atoms with Gasteiger partial charge in [0.15, 0.2) is 0 Å². The van der Waals surface area contributed by atoms with Crippen LogP contribution in [0.15, 0.2) is 54.6 Å². The molecule has 17 heavy (non-hydrogen) atoms. The average Bonchev–Trinajstić information content (AvgIpc) is 2.83. The first-order valence-corrected chi connectivity index (χ1v) is 5.77. The van der Waals surface area contributed by atoms with Crippen molar-refractivity contribution in [1.82, 2.24) is 0 Å². The molecule has 2 atom stereocenters. The van der Waals surface area contributed by atoms with Crippen molar-refractivity contribution in [3.05, 3.63) is 65.7 Å². The predicted molar refractivity (Wildman–Crippen MR) is 65.0 cm³/mol. The zero-order valence-corrected chi connectivity index (χ0v) is 9.34. The van der Waals surface area contributed by atoms with Gasteiger partial charge in [-0.1, -0.05) is 48.5 Å². The summed E-state index contributed by atoms with van der Waals surface area (Å²) < 4.78 is 20.0. The van der Waals surface area contributed by atoms with E-state index in [1.807, 2.05) is 54.6 Å². The summed E-state index contributed by atoms with van der Waals surface area (Å²) in [5, 5.41) is 0. The maximum atomic E-state index is 14.4. The number of alkyl halides is 1. The van der Waals surface area contributed by atoms with E-state index >= 15 is 0 Å². The number of para-hydroxylation sites is 1. The van der Waals surface area contributed by atoms with Gasteiger partial charge in [-0.25, -0.2) is 4.39 Å². The van der Waals surface area contributed by atoms with E-state index in [1.165, 1.54) is 0 Å². The van der Waals surface area contributed by atoms with Crippen molar-refractivity contribution >= 4 is 0 Å². The summed E-state index contributed by atoms with van der Waals surface area (Å²) in [6, 6.07) is 17.0. The van der Waals surface area contributed by atoms with Crippen molar-refractivity contribution in [3.63, 3.8) is 0 Å². The second kappa shape index (κ2) is 4.21. The molecule has 2 unspecified atom stereocenters. The van der Waals surface area contributed by atoms with E-state index < -0.39 is 6.17 Å². The van der Waals surface area contributed by atoms with E-state index in [-0.39, 0.29) is 5.92 Å². The molecule has 0 saturated carbocycles. The molecule has 0 amide bonds. The fraction of sp³-hybridized carbons (Fsp3) is 0.200. The first-order valence-electron chi connectivity index (χ1n) is 5.77. The molecule has 1 aliphatic rings. The van der Waals surface area contributed by atoms with Crippen LogP contribution >= 0.6 is 0 Å². The smallest absolute Gasteiger partial charge is 0.135 e. The molecular weight excluding hydrogens is 215 g/mol. The number of hydrogen-bond donors (Lipinski definition) is 0. The second-order valence-electron chi connectivity index (χ2n) is 4.27. The van der Waals surface area contributed by atoms with Crippen molar-refractivity contribution in [1.29, 1.82) is 0 Å². The van der Waals surface area contributed by atoms with Gasteiger partial charge in [0.05, 0.1) is 12.5 Å². The normalized spacial score (nSPS) is 19.5. The van der Waals surface area contributed by atoms with Crippen LogP contribution in [-0.2, 0) is 0 Å². The largest absolute Gasteiger partial charge is 0.493 e. The van der Waals surface area contributed by atoms with Crippen LogP contribution in [0.5, 0.6) is 5.75 Å². The third kappa shape index (κ3) is 1.80. The molecule has 86 valence electrons. The van der Waals surface area contributed by atoms with Gasteiger partial charge >= 0.3 is 0 Å². The monoisotopic (exact) mass is 228 g/mol. The fourth-order valence-corrected chi connectivity index (χ4v) is 2.30. The minimum Gasteiger partial charge on any atom is -0.493 e. The van der Waals surface area contributed by atoms with Crippen LogP contribution in [0.3, 0.4) is 0 Å². The Balaban J connectivity index is 1.92. The number of fused-ring (bicyclic) bond motifs is 1. The van der Waals surface area contributed by atoms with Crippen molar-refractivity contribution in [2.75, 3.05) is 6.61 Å². The number of hydrogen-bond acceptors (Lipinski definition) is 1. The standard InChI is InChI=1S/C15H13FO/c16-15(11-6-2-1-3-7-11)13-10-17-14-9-5-4-8-12(13)14/h1-9,13,15H,10H2. The maximum Gasteiger partial charge on any atom is 0.135 e. The molecule has 2 heteroatoms. The predicted octanol–water partition coefficient (Wildman–Crippen LogP) is 3.87. The first-order chi connectivity index (χ1) is 8.36. The van der Waals surface area contributed by atoms with E-state index in [2.05, 4.69) is 0 Å². The molecule has 1 aliphatic heterocycles. The van der Waals surface area contributed by atoms with E-state index in [0.29, 0.717) is 6.61 Å². The van der Waals surface area contributed by atoms with Crippen LogP contribution in [0.2, 0.25) is 0 Å². The van der Waals surface area contributed by atoms with Gasteiger partial charge < -0.3 is 4.74 Å². The summed E-state index contributed by atoms with van der Waals surface area (Å²) in [7, 11) is 0. The molecule has 0 aromatic heterocycles. The molecule has 0 N–H and O–H groups in total. The molecule has 0 bridgehead atoms. The number of ether oxygens (including phenoxy) is 1. The van der Waals surface area contributed by atoms with Gasteiger partial charge in [-0.05, 0) is 11.6 Å². The van der Waals surface area contributed by atoms with Crippen LogP contribution < -0.4 is 4.74 Å². The Morgan fingerprint density at radius 1 is 1.00 bits per heavy atom. The van der Waals surface area contributed by atoms with Crippen LogP contribution in [0, 0.1) is 0 Å². The van der Waals surface area contributed by atoms with Crippen LogP contribution in [0.25, 0.3) is 0 Å². The Morgan fingerprint density at radius 3 is 2.53 bits per heavy atom. The first kappa shape index (κ1) is 10.3. The molecule has 0 aliphatic carbocycles. The van der Waals surface area contributed by atoms with E-state index in [1.54, 1.807) is 0 Å². The molecule has 2 aromatic rings. The Hall–Kier alpha value is -1.83. The van der Waals surface area contributed by atoms with Gasteiger partial charge in [-0.2, -0.15) is 0 Å². The Morgan fingerprint density at radius 2 is 1.71 bits per heavy atom. The Labute approximate surface area is 99.9 Å². The summed E-state index contributed by atoms with van der Waals surface area (Å²) in [6.45, 7) is 0.426. The summed E-state index contributed by atoms with van der Waals surface area (Å²) >= 11 is 0. The minimum atomic E-state index is -1.00. The Bertz CT molecular complexity index is 509. The molecule has 1 heterocycles. The van der Waals surface area contributed by atoms with Gasteiger partial charge in [-0.3, -0.25) is 0 Å². The highest BCUT2D eigenvalue weighted by atomic mass is 19.1. The average molecular weight is 228 g/mol. The Kier molecular flexibility index (Phi) is 2.56.